The van der Waals surface area contributed by atoms with Gasteiger partial charge in [-0.2, -0.15) is 21.7 Å². The molecule has 2 unspecified atom stereocenters. The zero-order valence-corrected chi connectivity index (χ0v) is 13.7. The van der Waals surface area contributed by atoms with Gasteiger partial charge in [-0.3, -0.25) is 4.99 Å². The molecule has 9 heteroatoms. The fraction of sp³-hybridized carbons (Fsp3) is 0.429. The third-order valence-corrected chi connectivity index (χ3v) is 3.86. The number of ether oxygens (including phenoxy) is 3. The van der Waals surface area contributed by atoms with E-state index in [1.54, 1.807) is 12.2 Å². The first-order chi connectivity index (χ1) is 11.0. The topological polar surface area (TPSA) is 103 Å². The summed E-state index contributed by atoms with van der Waals surface area (Å²) in [6.07, 6.45) is 6.59. The third-order valence-electron chi connectivity index (χ3n) is 3.12. The minimum atomic E-state index is -1.20. The summed E-state index contributed by atoms with van der Waals surface area (Å²) in [6.45, 7) is 0. The number of aliphatic imine (C=N–C) groups is 1. The fourth-order valence-electron chi connectivity index (χ4n) is 2.11. The van der Waals surface area contributed by atoms with Crippen molar-refractivity contribution in [3.8, 4) is 17.8 Å². The molecule has 0 bridgehead atoms. The molecule has 0 aromatic carbocycles. The van der Waals surface area contributed by atoms with Gasteiger partial charge < -0.3 is 19.3 Å². The van der Waals surface area contributed by atoms with E-state index in [-0.39, 0.29) is 17.8 Å². The van der Waals surface area contributed by atoms with Gasteiger partial charge in [0.05, 0.1) is 20.3 Å². The summed E-state index contributed by atoms with van der Waals surface area (Å²) in [7, 11) is 2.90. The normalized spacial score (nSPS) is 22.7. The highest BCUT2D eigenvalue weighted by atomic mass is 32.2. The predicted molar refractivity (Wildman–Crippen MR) is 85.9 cm³/mol. The van der Waals surface area contributed by atoms with E-state index in [1.165, 1.54) is 38.3 Å². The second-order valence-corrected chi connectivity index (χ2v) is 5.49. The SMILES string of the molecule is COc1cc(OC)nc(OC2(CSC)C=CC=NC2C(=O)O)n1. The van der Waals surface area contributed by atoms with Gasteiger partial charge in [0.15, 0.2) is 11.6 Å². The van der Waals surface area contributed by atoms with E-state index >= 15 is 0 Å². The molecule has 0 saturated carbocycles. The number of methoxy groups -OCH3 is 2. The number of carboxylic acid groups (broad SMARTS) is 1. The highest BCUT2D eigenvalue weighted by Gasteiger charge is 2.45. The summed E-state index contributed by atoms with van der Waals surface area (Å²) in [5.41, 5.74) is -1.20. The number of hydrogen-bond donors (Lipinski definition) is 1. The van der Waals surface area contributed by atoms with Crippen molar-refractivity contribution in [1.82, 2.24) is 9.97 Å². The van der Waals surface area contributed by atoms with Gasteiger partial charge in [-0.05, 0) is 18.4 Å². The second kappa shape index (κ2) is 7.32. The largest absolute Gasteiger partial charge is 0.481 e. The van der Waals surface area contributed by atoms with Crippen LogP contribution in [0.1, 0.15) is 0 Å². The molecule has 1 N–H and O–H groups in total. The number of dihydropyridines is 1. The molecule has 2 rings (SSSR count). The Bertz CT molecular complexity index is 615. The molecule has 23 heavy (non-hydrogen) atoms. The molecule has 2 atom stereocenters. The van der Waals surface area contributed by atoms with Gasteiger partial charge in [0.2, 0.25) is 11.8 Å². The van der Waals surface area contributed by atoms with Gasteiger partial charge >= 0.3 is 12.0 Å². The molecule has 8 nitrogen and oxygen atoms in total. The predicted octanol–water partition coefficient (Wildman–Crippen LogP) is 1.07. The number of nitrogens with zero attached hydrogens (tertiary/aromatic N) is 3. The maximum absolute atomic E-state index is 11.6. The molecule has 1 aromatic rings. The molecule has 2 heterocycles. The maximum Gasteiger partial charge on any atom is 0.333 e. The number of aromatic nitrogens is 2. The molecule has 0 saturated heterocycles. The molecule has 1 aromatic heterocycles. The van der Waals surface area contributed by atoms with Crippen molar-refractivity contribution in [3.63, 3.8) is 0 Å². The number of aliphatic carboxylic acids is 1. The summed E-state index contributed by atoms with van der Waals surface area (Å²) in [6, 6.07) is 0.362. The zero-order chi connectivity index (χ0) is 16.9. The lowest BCUT2D eigenvalue weighted by Crippen LogP contribution is -2.52. The lowest BCUT2D eigenvalue weighted by molar-refractivity contribution is -0.142. The van der Waals surface area contributed by atoms with Gasteiger partial charge in [-0.25, -0.2) is 4.79 Å². The van der Waals surface area contributed by atoms with Gasteiger partial charge in [-0.1, -0.05) is 0 Å². The highest BCUT2D eigenvalue weighted by molar-refractivity contribution is 7.98. The van der Waals surface area contributed by atoms with Crippen molar-refractivity contribution >= 4 is 23.9 Å². The van der Waals surface area contributed by atoms with E-state index in [9.17, 15) is 9.90 Å². The Hall–Kier alpha value is -2.29. The Balaban J connectivity index is 2.41. The van der Waals surface area contributed by atoms with Gasteiger partial charge in [0.25, 0.3) is 0 Å². The van der Waals surface area contributed by atoms with Crippen LogP contribution in [0.2, 0.25) is 0 Å². The van der Waals surface area contributed by atoms with Crippen LogP contribution in [0, 0.1) is 0 Å². The maximum atomic E-state index is 11.6. The molecular formula is C14H17N3O5S. The molecule has 1 aliphatic heterocycles. The Morgan fingerprint density at radius 1 is 1.35 bits per heavy atom. The van der Waals surface area contributed by atoms with E-state index in [2.05, 4.69) is 15.0 Å². The van der Waals surface area contributed by atoms with Gasteiger partial charge in [0, 0.05) is 12.0 Å². The number of allylic oxidation sites excluding steroid dienone is 1. The lowest BCUT2D eigenvalue weighted by Gasteiger charge is -2.34. The van der Waals surface area contributed by atoms with Crippen LogP contribution in [-0.4, -0.2) is 65.1 Å². The summed E-state index contributed by atoms with van der Waals surface area (Å²) in [4.78, 5) is 23.8. The molecule has 1 aliphatic rings. The Labute approximate surface area is 137 Å². The standard InChI is InChI=1S/C14H17N3O5S/c1-20-9-7-10(21-2)17-13(16-9)22-14(8-23-3)5-4-6-15-11(14)12(18)19/h4-7,11H,8H2,1-3H3,(H,18,19). The van der Waals surface area contributed by atoms with E-state index in [4.69, 9.17) is 14.2 Å². The molecule has 0 aliphatic carbocycles. The minimum absolute atomic E-state index is 0.0387. The average Bonchev–Trinajstić information content (AvgIpc) is 2.54. The van der Waals surface area contributed by atoms with E-state index in [0.717, 1.165) is 0 Å². The Morgan fingerprint density at radius 3 is 2.52 bits per heavy atom. The molecule has 0 spiro atoms. The van der Waals surface area contributed by atoms with Crippen LogP contribution < -0.4 is 14.2 Å². The Morgan fingerprint density at radius 2 is 2.00 bits per heavy atom. The van der Waals surface area contributed by atoms with Crippen molar-refractivity contribution in [1.29, 1.82) is 0 Å². The molecule has 0 fully saturated rings. The first-order valence-electron chi connectivity index (χ1n) is 6.63. The molecular weight excluding hydrogens is 322 g/mol. The summed E-state index contributed by atoms with van der Waals surface area (Å²) < 4.78 is 16.0. The third kappa shape index (κ3) is 3.73. The van der Waals surface area contributed by atoms with Crippen LogP contribution >= 0.6 is 11.8 Å². The monoisotopic (exact) mass is 339 g/mol. The number of carbonyl (C=O) groups is 1. The smallest absolute Gasteiger partial charge is 0.333 e. The average molecular weight is 339 g/mol. The van der Waals surface area contributed by atoms with Crippen LogP contribution in [0.15, 0.2) is 23.2 Å². The second-order valence-electron chi connectivity index (χ2n) is 4.62. The van der Waals surface area contributed by atoms with Crippen LogP contribution in [0.4, 0.5) is 0 Å². The van der Waals surface area contributed by atoms with Crippen molar-refractivity contribution in [2.75, 3.05) is 26.2 Å². The minimum Gasteiger partial charge on any atom is -0.481 e. The first-order valence-corrected chi connectivity index (χ1v) is 8.03. The van der Waals surface area contributed by atoms with E-state index in [1.807, 2.05) is 6.26 Å². The molecule has 124 valence electrons. The Kier molecular flexibility index (Phi) is 5.43. The number of hydrogen-bond acceptors (Lipinski definition) is 8. The van der Waals surface area contributed by atoms with Crippen LogP contribution in [0.3, 0.4) is 0 Å². The van der Waals surface area contributed by atoms with Crippen LogP contribution in [-0.2, 0) is 4.79 Å². The number of thioether (sulfide) groups is 1. The summed E-state index contributed by atoms with van der Waals surface area (Å²) in [5.74, 6) is -0.224. The lowest BCUT2D eigenvalue weighted by atomic mass is 9.94. The van der Waals surface area contributed by atoms with E-state index in [0.29, 0.717) is 5.75 Å². The van der Waals surface area contributed by atoms with E-state index < -0.39 is 17.6 Å². The van der Waals surface area contributed by atoms with Crippen LogP contribution in [0.25, 0.3) is 0 Å². The number of carboxylic acids is 1. The van der Waals surface area contributed by atoms with Crippen molar-refractivity contribution < 1.29 is 24.1 Å². The van der Waals surface area contributed by atoms with Crippen molar-refractivity contribution in [2.45, 2.75) is 11.6 Å². The molecule has 0 radical (unpaired) electrons. The molecule has 0 amide bonds. The quantitative estimate of drug-likeness (QED) is 0.787. The van der Waals surface area contributed by atoms with Crippen LogP contribution in [0.5, 0.6) is 17.8 Å². The van der Waals surface area contributed by atoms with Crippen molar-refractivity contribution in [2.24, 2.45) is 4.99 Å². The fourth-order valence-corrected chi connectivity index (χ4v) is 2.88. The van der Waals surface area contributed by atoms with Crippen molar-refractivity contribution in [3.05, 3.63) is 18.2 Å². The summed E-state index contributed by atoms with van der Waals surface area (Å²) in [5, 5.41) is 9.45. The first kappa shape index (κ1) is 17.1. The number of rotatable bonds is 7. The zero-order valence-electron chi connectivity index (χ0n) is 12.9. The highest BCUT2D eigenvalue weighted by Crippen LogP contribution is 2.30. The summed E-state index contributed by atoms with van der Waals surface area (Å²) >= 11 is 1.44. The van der Waals surface area contributed by atoms with Gasteiger partial charge in [0.1, 0.15) is 0 Å². The van der Waals surface area contributed by atoms with Gasteiger partial charge in [-0.15, -0.1) is 0 Å².